The first-order valence-electron chi connectivity index (χ1n) is 9.96. The molecule has 0 amide bonds. The van der Waals surface area contributed by atoms with Crippen LogP contribution in [0.4, 0.5) is 0 Å². The van der Waals surface area contributed by atoms with E-state index in [-0.39, 0.29) is 19.5 Å². The summed E-state index contributed by atoms with van der Waals surface area (Å²) >= 11 is 0. The van der Waals surface area contributed by atoms with Crippen LogP contribution in [-0.4, -0.2) is 0 Å². The normalized spacial score (nSPS) is 12.2. The number of hydrogen-bond donors (Lipinski definition) is 0. The zero-order chi connectivity index (χ0) is 21.2. The molecule has 3 aromatic carbocycles. The largest absolute Gasteiger partial charge is 0.407 e. The highest BCUT2D eigenvalue weighted by molar-refractivity contribution is 7.17. The van der Waals surface area contributed by atoms with Gasteiger partial charge in [0, 0.05) is 5.56 Å². The van der Waals surface area contributed by atoms with E-state index in [1.54, 1.807) is 0 Å². The van der Waals surface area contributed by atoms with E-state index in [0.717, 1.165) is 16.7 Å². The number of hydrogen-bond acceptors (Lipinski definition) is 2. The predicted octanol–water partition coefficient (Wildman–Crippen LogP) is 8.20. The predicted molar refractivity (Wildman–Crippen MR) is 123 cm³/mol. The average molecular weight is 404 g/mol. The second-order valence-electron chi connectivity index (χ2n) is 9.47. The van der Waals surface area contributed by atoms with Crippen LogP contribution in [0.15, 0.2) is 66.7 Å². The van der Waals surface area contributed by atoms with Crippen molar-refractivity contribution in [2.75, 3.05) is 0 Å². The summed E-state index contributed by atoms with van der Waals surface area (Å²) in [5.74, 6) is 0.616. The summed E-state index contributed by atoms with van der Waals surface area (Å²) in [6, 6.07) is 22.9. The first-order valence-corrected chi connectivity index (χ1v) is 10.7. The molecule has 0 spiro atoms. The van der Waals surface area contributed by atoms with Crippen molar-refractivity contribution in [3.63, 3.8) is 0 Å². The highest BCUT2D eigenvalue weighted by atomic mass is 31.1. The van der Waals surface area contributed by atoms with Crippen molar-refractivity contribution in [2.24, 2.45) is 0 Å². The molecule has 0 aliphatic carbocycles. The number of benzene rings is 3. The van der Waals surface area contributed by atoms with Crippen LogP contribution in [0.3, 0.4) is 0 Å². The molecule has 0 aliphatic heterocycles. The van der Waals surface area contributed by atoms with Gasteiger partial charge in [-0.25, -0.2) is 4.57 Å². The summed E-state index contributed by atoms with van der Waals surface area (Å²) in [7, 11) is -0.355. The van der Waals surface area contributed by atoms with Crippen molar-refractivity contribution in [1.29, 1.82) is 0 Å². The Morgan fingerprint density at radius 2 is 1.41 bits per heavy atom. The summed E-state index contributed by atoms with van der Waals surface area (Å²) in [5, 5.41) is 0. The second kappa shape index (κ2) is 8.13. The molecule has 0 aliphatic rings. The second-order valence-corrected chi connectivity index (χ2v) is 9.80. The highest BCUT2D eigenvalue weighted by Gasteiger charge is 2.25. The maximum absolute atomic E-state index is 11.3. The van der Waals surface area contributed by atoms with Crippen LogP contribution in [-0.2, 0) is 15.4 Å². The smallest absolute Gasteiger partial charge is 0.395 e. The van der Waals surface area contributed by atoms with Crippen LogP contribution in [0, 0.1) is 0 Å². The van der Waals surface area contributed by atoms with Crippen LogP contribution >= 0.6 is 8.69 Å². The SMILES string of the molecule is CC(C)(C)c1ccc(-c2cccc(OP=O)c2-c2ccccc2)c(C(C)(C)C)c1. The molecule has 0 bridgehead atoms. The first-order chi connectivity index (χ1) is 13.6. The molecule has 3 aromatic rings. The fraction of sp³-hybridized carbons (Fsp3) is 0.308. The van der Waals surface area contributed by atoms with Crippen molar-refractivity contribution >= 4 is 8.69 Å². The van der Waals surface area contributed by atoms with Gasteiger partial charge in [0.15, 0.2) is 0 Å². The fourth-order valence-electron chi connectivity index (χ4n) is 3.64. The van der Waals surface area contributed by atoms with Gasteiger partial charge in [-0.2, -0.15) is 0 Å². The molecule has 3 rings (SSSR count). The molecular formula is C26H29O2P. The van der Waals surface area contributed by atoms with Gasteiger partial charge in [-0.1, -0.05) is 102 Å². The van der Waals surface area contributed by atoms with Crippen LogP contribution < -0.4 is 4.52 Å². The maximum atomic E-state index is 11.3. The molecule has 0 saturated heterocycles. The summed E-state index contributed by atoms with van der Waals surface area (Å²) in [4.78, 5) is 0. The lowest BCUT2D eigenvalue weighted by atomic mass is 9.76. The van der Waals surface area contributed by atoms with Crippen LogP contribution in [0.25, 0.3) is 22.3 Å². The van der Waals surface area contributed by atoms with Gasteiger partial charge in [-0.05, 0) is 44.7 Å². The van der Waals surface area contributed by atoms with E-state index in [1.807, 2.05) is 30.3 Å². The van der Waals surface area contributed by atoms with Gasteiger partial charge in [0.2, 0.25) is 0 Å². The fourth-order valence-corrected chi connectivity index (χ4v) is 3.87. The van der Waals surface area contributed by atoms with E-state index >= 15 is 0 Å². The number of rotatable bonds is 4. The molecule has 150 valence electrons. The maximum Gasteiger partial charge on any atom is 0.395 e. The van der Waals surface area contributed by atoms with E-state index in [0.29, 0.717) is 5.75 Å². The molecule has 3 heteroatoms. The molecule has 0 radical (unpaired) electrons. The Bertz CT molecular complexity index is 1010. The van der Waals surface area contributed by atoms with Crippen molar-refractivity contribution in [1.82, 2.24) is 0 Å². The lowest BCUT2D eigenvalue weighted by Gasteiger charge is -2.28. The third-order valence-corrected chi connectivity index (χ3v) is 5.48. The molecule has 0 N–H and O–H groups in total. The standard InChI is InChI=1S/C26H29O2P/c1-25(2,3)19-15-16-20(22(17-19)26(4,5)6)21-13-10-14-23(28-29-27)24(21)18-11-8-7-9-12-18/h7-17H,1-6H3. The molecule has 0 saturated carbocycles. The van der Waals surface area contributed by atoms with Crippen molar-refractivity contribution < 1.29 is 9.09 Å². The molecule has 0 fully saturated rings. The third kappa shape index (κ3) is 4.60. The first kappa shape index (κ1) is 21.3. The van der Waals surface area contributed by atoms with Gasteiger partial charge in [-0.3, -0.25) is 0 Å². The van der Waals surface area contributed by atoms with E-state index in [1.165, 1.54) is 16.7 Å². The Labute approximate surface area is 176 Å². The minimum Gasteiger partial charge on any atom is -0.407 e. The Morgan fingerprint density at radius 1 is 0.724 bits per heavy atom. The molecule has 0 atom stereocenters. The van der Waals surface area contributed by atoms with Gasteiger partial charge in [-0.15, -0.1) is 0 Å². The Balaban J connectivity index is 2.34. The third-order valence-electron chi connectivity index (χ3n) is 5.21. The van der Waals surface area contributed by atoms with Gasteiger partial charge in [0.25, 0.3) is 0 Å². The monoisotopic (exact) mass is 404 g/mol. The molecular weight excluding hydrogens is 375 g/mol. The van der Waals surface area contributed by atoms with Gasteiger partial charge >= 0.3 is 8.69 Å². The highest BCUT2D eigenvalue weighted by Crippen LogP contribution is 2.44. The van der Waals surface area contributed by atoms with Crippen molar-refractivity contribution in [3.05, 3.63) is 77.9 Å². The minimum atomic E-state index is -0.355. The summed E-state index contributed by atoms with van der Waals surface area (Å²) in [6.45, 7) is 13.5. The molecule has 29 heavy (non-hydrogen) atoms. The van der Waals surface area contributed by atoms with Gasteiger partial charge in [0.05, 0.1) is 0 Å². The Morgan fingerprint density at radius 3 is 2.00 bits per heavy atom. The average Bonchev–Trinajstić information content (AvgIpc) is 2.67. The zero-order valence-electron chi connectivity index (χ0n) is 18.1. The topological polar surface area (TPSA) is 26.3 Å². The summed E-state index contributed by atoms with van der Waals surface area (Å²) in [6.07, 6.45) is 0. The Kier molecular flexibility index (Phi) is 5.96. The lowest BCUT2D eigenvalue weighted by Crippen LogP contribution is -2.17. The van der Waals surface area contributed by atoms with E-state index in [4.69, 9.17) is 4.52 Å². The summed E-state index contributed by atoms with van der Waals surface area (Å²) < 4.78 is 16.7. The quantitative estimate of drug-likeness (QED) is 0.410. The lowest BCUT2D eigenvalue weighted by molar-refractivity contribution is 0.526. The zero-order valence-corrected chi connectivity index (χ0v) is 19.0. The van der Waals surface area contributed by atoms with Gasteiger partial charge < -0.3 is 4.52 Å². The minimum absolute atomic E-state index is 0.0296. The Hall–Kier alpha value is -2.44. The molecule has 0 aromatic heterocycles. The van der Waals surface area contributed by atoms with E-state index in [9.17, 15) is 4.57 Å². The van der Waals surface area contributed by atoms with Gasteiger partial charge in [0.1, 0.15) is 5.75 Å². The molecule has 0 heterocycles. The van der Waals surface area contributed by atoms with E-state index < -0.39 is 0 Å². The van der Waals surface area contributed by atoms with Crippen LogP contribution in [0.1, 0.15) is 52.7 Å². The van der Waals surface area contributed by atoms with Crippen molar-refractivity contribution in [2.45, 2.75) is 52.4 Å². The molecule has 2 nitrogen and oxygen atoms in total. The van der Waals surface area contributed by atoms with Crippen molar-refractivity contribution in [3.8, 4) is 28.0 Å². The van der Waals surface area contributed by atoms with Crippen LogP contribution in [0.2, 0.25) is 0 Å². The van der Waals surface area contributed by atoms with Crippen LogP contribution in [0.5, 0.6) is 5.75 Å². The summed E-state index contributed by atoms with van der Waals surface area (Å²) in [5.41, 5.74) is 6.93. The molecule has 0 unspecified atom stereocenters. The van der Waals surface area contributed by atoms with E-state index in [2.05, 4.69) is 77.9 Å².